The number of nitrogens with one attached hydrogen (secondary N) is 1. The van der Waals surface area contributed by atoms with Crippen molar-refractivity contribution in [3.05, 3.63) is 41.5 Å². The molecular formula is C14H15FN2O3. The number of aryl methyl sites for hydroxylation is 1. The van der Waals surface area contributed by atoms with Gasteiger partial charge in [0.25, 0.3) is 0 Å². The molecule has 0 fully saturated rings. The predicted molar refractivity (Wildman–Crippen MR) is 70.7 cm³/mol. The van der Waals surface area contributed by atoms with Crippen LogP contribution in [0.4, 0.5) is 9.18 Å². The maximum absolute atomic E-state index is 12.9. The normalized spacial score (nSPS) is 10.3. The molecule has 1 aromatic carbocycles. The summed E-state index contributed by atoms with van der Waals surface area (Å²) in [5, 5.41) is 2.57. The number of methoxy groups -OCH3 is 1. The van der Waals surface area contributed by atoms with Crippen LogP contribution in [0.5, 0.6) is 0 Å². The topological polar surface area (TPSA) is 64.4 Å². The molecule has 1 N–H and O–H groups in total. The maximum Gasteiger partial charge on any atom is 0.406 e. The summed E-state index contributed by atoms with van der Waals surface area (Å²) in [5.41, 5.74) is 1.46. The summed E-state index contributed by atoms with van der Waals surface area (Å²) in [6.45, 7) is 2.20. The molecule has 2 aromatic rings. The zero-order valence-corrected chi connectivity index (χ0v) is 11.3. The SMILES string of the molecule is COC(=O)NCCc1nc(-c2ccc(F)cc2)oc1C. The van der Waals surface area contributed by atoms with Crippen molar-refractivity contribution in [3.8, 4) is 11.5 Å². The first-order chi connectivity index (χ1) is 9.60. The van der Waals surface area contributed by atoms with Crippen LogP contribution in [-0.2, 0) is 11.2 Å². The van der Waals surface area contributed by atoms with Gasteiger partial charge in [-0.15, -0.1) is 0 Å². The molecule has 0 aliphatic carbocycles. The van der Waals surface area contributed by atoms with E-state index in [1.165, 1.54) is 19.2 Å². The number of oxazole rings is 1. The zero-order valence-electron chi connectivity index (χ0n) is 11.3. The van der Waals surface area contributed by atoms with E-state index in [0.29, 0.717) is 30.2 Å². The number of aromatic nitrogens is 1. The molecule has 1 heterocycles. The Kier molecular flexibility index (Phi) is 4.34. The number of rotatable bonds is 4. The third kappa shape index (κ3) is 3.34. The Bertz CT molecular complexity index is 593. The van der Waals surface area contributed by atoms with Gasteiger partial charge in [0.05, 0.1) is 12.8 Å². The van der Waals surface area contributed by atoms with E-state index in [4.69, 9.17) is 4.42 Å². The highest BCUT2D eigenvalue weighted by Crippen LogP contribution is 2.22. The Labute approximate surface area is 115 Å². The van der Waals surface area contributed by atoms with Gasteiger partial charge in [-0.1, -0.05) is 0 Å². The van der Waals surface area contributed by atoms with Crippen molar-refractivity contribution in [2.45, 2.75) is 13.3 Å². The first-order valence-electron chi connectivity index (χ1n) is 6.14. The Hall–Kier alpha value is -2.37. The summed E-state index contributed by atoms with van der Waals surface area (Å²) in [4.78, 5) is 15.3. The molecule has 0 saturated heterocycles. The third-order valence-corrected chi connectivity index (χ3v) is 2.80. The van der Waals surface area contributed by atoms with Crippen LogP contribution in [0.15, 0.2) is 28.7 Å². The van der Waals surface area contributed by atoms with E-state index >= 15 is 0 Å². The summed E-state index contributed by atoms with van der Waals surface area (Å²) in [6.07, 6.45) is 0.0518. The average molecular weight is 278 g/mol. The van der Waals surface area contributed by atoms with Crippen LogP contribution < -0.4 is 5.32 Å². The van der Waals surface area contributed by atoms with Gasteiger partial charge in [0.15, 0.2) is 0 Å². The number of carbonyl (C=O) groups is 1. The first kappa shape index (κ1) is 14.0. The van der Waals surface area contributed by atoms with Gasteiger partial charge < -0.3 is 14.5 Å². The van der Waals surface area contributed by atoms with Crippen molar-refractivity contribution in [1.29, 1.82) is 0 Å². The molecule has 20 heavy (non-hydrogen) atoms. The lowest BCUT2D eigenvalue weighted by Gasteiger charge is -2.01. The van der Waals surface area contributed by atoms with Gasteiger partial charge in [0.1, 0.15) is 11.6 Å². The molecule has 0 radical (unpaired) electrons. The number of carbonyl (C=O) groups excluding carboxylic acids is 1. The van der Waals surface area contributed by atoms with Crippen molar-refractivity contribution < 1.29 is 18.3 Å². The lowest BCUT2D eigenvalue weighted by Crippen LogP contribution is -2.25. The number of alkyl carbamates (subject to hydrolysis) is 1. The van der Waals surface area contributed by atoms with Crippen molar-refractivity contribution in [2.24, 2.45) is 0 Å². The van der Waals surface area contributed by atoms with Gasteiger partial charge in [-0.2, -0.15) is 0 Å². The van der Waals surface area contributed by atoms with Crippen LogP contribution >= 0.6 is 0 Å². The second-order valence-electron chi connectivity index (χ2n) is 4.20. The summed E-state index contributed by atoms with van der Waals surface area (Å²) < 4.78 is 22.9. The number of ether oxygens (including phenoxy) is 1. The molecule has 0 atom stereocenters. The fraction of sp³-hybridized carbons (Fsp3) is 0.286. The van der Waals surface area contributed by atoms with Crippen LogP contribution in [0.3, 0.4) is 0 Å². The average Bonchev–Trinajstić information content (AvgIpc) is 2.81. The number of hydrogen-bond acceptors (Lipinski definition) is 4. The standard InChI is InChI=1S/C14H15FN2O3/c1-9-12(7-8-16-14(18)19-2)17-13(20-9)10-3-5-11(15)6-4-10/h3-6H,7-8H2,1-2H3,(H,16,18). The van der Waals surface area contributed by atoms with E-state index < -0.39 is 6.09 Å². The van der Waals surface area contributed by atoms with Crippen molar-refractivity contribution in [1.82, 2.24) is 10.3 Å². The lowest BCUT2D eigenvalue weighted by atomic mass is 10.2. The van der Waals surface area contributed by atoms with E-state index in [-0.39, 0.29) is 5.82 Å². The highest BCUT2D eigenvalue weighted by molar-refractivity contribution is 5.66. The molecule has 0 saturated carbocycles. The van der Waals surface area contributed by atoms with Crippen LogP contribution in [0.25, 0.3) is 11.5 Å². The lowest BCUT2D eigenvalue weighted by molar-refractivity contribution is 0.171. The number of amides is 1. The molecule has 2 rings (SSSR count). The zero-order chi connectivity index (χ0) is 14.5. The molecule has 6 heteroatoms. The van der Waals surface area contributed by atoms with Gasteiger partial charge in [-0.3, -0.25) is 0 Å². The van der Waals surface area contributed by atoms with Gasteiger partial charge >= 0.3 is 6.09 Å². The summed E-state index contributed by atoms with van der Waals surface area (Å²) in [7, 11) is 1.31. The highest BCUT2D eigenvalue weighted by atomic mass is 19.1. The minimum absolute atomic E-state index is 0.306. The highest BCUT2D eigenvalue weighted by Gasteiger charge is 2.11. The summed E-state index contributed by atoms with van der Waals surface area (Å²) in [6, 6.07) is 5.93. The second-order valence-corrected chi connectivity index (χ2v) is 4.20. The van der Waals surface area contributed by atoms with E-state index in [9.17, 15) is 9.18 Å². The Morgan fingerprint density at radius 2 is 2.10 bits per heavy atom. The van der Waals surface area contributed by atoms with Gasteiger partial charge in [0, 0.05) is 18.5 Å². The first-order valence-corrected chi connectivity index (χ1v) is 6.14. The molecule has 0 bridgehead atoms. The molecule has 1 amide bonds. The monoisotopic (exact) mass is 278 g/mol. The largest absolute Gasteiger partial charge is 0.453 e. The van der Waals surface area contributed by atoms with Crippen LogP contribution in [-0.4, -0.2) is 24.7 Å². The molecule has 0 unspecified atom stereocenters. The molecule has 0 aliphatic heterocycles. The second kappa shape index (κ2) is 6.18. The van der Waals surface area contributed by atoms with E-state index in [1.807, 2.05) is 0 Å². The van der Waals surface area contributed by atoms with Crippen molar-refractivity contribution in [2.75, 3.05) is 13.7 Å². The van der Waals surface area contributed by atoms with Crippen molar-refractivity contribution >= 4 is 6.09 Å². The Morgan fingerprint density at radius 3 is 2.75 bits per heavy atom. The maximum atomic E-state index is 12.9. The van der Waals surface area contributed by atoms with Crippen molar-refractivity contribution in [3.63, 3.8) is 0 Å². The number of hydrogen-bond donors (Lipinski definition) is 1. The number of nitrogens with zero attached hydrogens (tertiary/aromatic N) is 1. The predicted octanol–water partition coefficient (Wildman–Crippen LogP) is 2.69. The summed E-state index contributed by atoms with van der Waals surface area (Å²) >= 11 is 0. The number of benzene rings is 1. The fourth-order valence-corrected chi connectivity index (χ4v) is 1.73. The molecule has 0 spiro atoms. The van der Waals surface area contributed by atoms with Crippen LogP contribution in [0.1, 0.15) is 11.5 Å². The van der Waals surface area contributed by atoms with Crippen LogP contribution in [0, 0.1) is 12.7 Å². The van der Waals surface area contributed by atoms with Gasteiger partial charge in [-0.25, -0.2) is 14.2 Å². The molecule has 5 nitrogen and oxygen atoms in total. The molecular weight excluding hydrogens is 263 g/mol. The van der Waals surface area contributed by atoms with Gasteiger partial charge in [0.2, 0.25) is 5.89 Å². The third-order valence-electron chi connectivity index (χ3n) is 2.80. The molecule has 1 aromatic heterocycles. The minimum atomic E-state index is -0.482. The smallest absolute Gasteiger partial charge is 0.406 e. The minimum Gasteiger partial charge on any atom is -0.453 e. The van der Waals surface area contributed by atoms with E-state index in [2.05, 4.69) is 15.0 Å². The van der Waals surface area contributed by atoms with E-state index in [0.717, 1.165) is 5.69 Å². The fourth-order valence-electron chi connectivity index (χ4n) is 1.73. The quantitative estimate of drug-likeness (QED) is 0.933. The molecule has 106 valence electrons. The van der Waals surface area contributed by atoms with Crippen LogP contribution in [0.2, 0.25) is 0 Å². The van der Waals surface area contributed by atoms with E-state index in [1.54, 1.807) is 19.1 Å². The Balaban J connectivity index is 2.05. The summed E-state index contributed by atoms with van der Waals surface area (Å²) in [5.74, 6) is 0.811. The van der Waals surface area contributed by atoms with Gasteiger partial charge in [-0.05, 0) is 31.2 Å². The molecule has 0 aliphatic rings. The Morgan fingerprint density at radius 1 is 1.40 bits per heavy atom. The number of halogens is 1.